The Morgan fingerprint density at radius 3 is 1.17 bits per heavy atom. The highest BCUT2D eigenvalue weighted by atomic mass is 15.2. The van der Waals surface area contributed by atoms with Gasteiger partial charge in [-0.25, -0.2) is 4.98 Å². The number of benzene rings is 9. The van der Waals surface area contributed by atoms with E-state index in [1.165, 1.54) is 32.6 Å². The number of aromatic nitrogens is 6. The maximum Gasteiger partial charge on any atom is 0.238 e. The first-order chi connectivity index (χ1) is 31.2. The van der Waals surface area contributed by atoms with Gasteiger partial charge in [0.2, 0.25) is 5.95 Å². The van der Waals surface area contributed by atoms with E-state index < -0.39 is 0 Å². The van der Waals surface area contributed by atoms with Crippen LogP contribution >= 0.6 is 0 Å². The number of fused-ring (bicyclic) bond motifs is 9. The Morgan fingerprint density at radius 2 is 0.635 bits per heavy atom. The lowest BCUT2D eigenvalue weighted by Crippen LogP contribution is -2.07. The lowest BCUT2D eigenvalue weighted by molar-refractivity contribution is 0.953. The molecular weight excluding hydrogens is 769 g/mol. The molecule has 0 aliphatic heterocycles. The fraction of sp³-hybridized carbons (Fsp3) is 0. The van der Waals surface area contributed by atoms with Gasteiger partial charge in [-0.15, -0.1) is 0 Å². The summed E-state index contributed by atoms with van der Waals surface area (Å²) in [5.41, 5.74) is 12.8. The number of para-hydroxylation sites is 5. The second-order valence-electron chi connectivity index (χ2n) is 16.1. The van der Waals surface area contributed by atoms with Crippen LogP contribution in [0, 0.1) is 0 Å². The van der Waals surface area contributed by atoms with Gasteiger partial charge in [0, 0.05) is 54.8 Å². The van der Waals surface area contributed by atoms with Gasteiger partial charge in [-0.3, -0.25) is 4.57 Å². The maximum absolute atomic E-state index is 5.39. The molecule has 13 rings (SSSR count). The van der Waals surface area contributed by atoms with Crippen LogP contribution in [-0.2, 0) is 0 Å². The van der Waals surface area contributed by atoms with E-state index in [0.29, 0.717) is 17.6 Å². The predicted molar refractivity (Wildman–Crippen MR) is 259 cm³/mol. The van der Waals surface area contributed by atoms with Crippen LogP contribution in [0.5, 0.6) is 0 Å². The van der Waals surface area contributed by atoms with Gasteiger partial charge in [-0.1, -0.05) is 152 Å². The Kier molecular flexibility index (Phi) is 7.80. The van der Waals surface area contributed by atoms with Crippen LogP contribution in [0.1, 0.15) is 0 Å². The monoisotopic (exact) mass is 804 g/mol. The highest BCUT2D eigenvalue weighted by Crippen LogP contribution is 2.41. The molecule has 4 aromatic heterocycles. The fourth-order valence-electron chi connectivity index (χ4n) is 9.68. The van der Waals surface area contributed by atoms with Crippen molar-refractivity contribution in [1.82, 2.24) is 28.7 Å². The summed E-state index contributed by atoms with van der Waals surface area (Å²) in [4.78, 5) is 15.9. The zero-order chi connectivity index (χ0) is 41.4. The second-order valence-corrected chi connectivity index (χ2v) is 16.1. The van der Waals surface area contributed by atoms with Gasteiger partial charge in [-0.05, 0) is 77.9 Å². The van der Waals surface area contributed by atoms with Crippen LogP contribution < -0.4 is 0 Å². The molecular formula is C57H36N6. The molecule has 13 aromatic rings. The van der Waals surface area contributed by atoms with E-state index in [1.54, 1.807) is 0 Å². The van der Waals surface area contributed by atoms with E-state index in [4.69, 9.17) is 15.0 Å². The predicted octanol–water partition coefficient (Wildman–Crippen LogP) is 14.2. The maximum atomic E-state index is 5.39. The minimum absolute atomic E-state index is 0.567. The number of hydrogen-bond donors (Lipinski definition) is 0. The summed E-state index contributed by atoms with van der Waals surface area (Å²) in [5.74, 6) is 1.77. The normalized spacial score (nSPS) is 11.8. The van der Waals surface area contributed by atoms with E-state index in [-0.39, 0.29) is 0 Å². The van der Waals surface area contributed by atoms with Crippen LogP contribution in [0.3, 0.4) is 0 Å². The third-order valence-electron chi connectivity index (χ3n) is 12.5. The van der Waals surface area contributed by atoms with Gasteiger partial charge in [0.05, 0.1) is 33.1 Å². The SMILES string of the molecule is c1ccc(-c2cc(-c3nc(-c4ccccc4)nc(-n4c5ccccc5c5ccccc54)n3)cc(-n3c4ccccc4c4cc5c(cc43)c3ccccc3n5-c3ccccc3)c2)cc1. The molecule has 0 N–H and O–H groups in total. The minimum atomic E-state index is 0.567. The molecule has 0 bridgehead atoms. The molecule has 0 spiro atoms. The van der Waals surface area contributed by atoms with Crippen LogP contribution in [0.2, 0.25) is 0 Å². The van der Waals surface area contributed by atoms with Crippen molar-refractivity contribution in [3.05, 3.63) is 218 Å². The van der Waals surface area contributed by atoms with Crippen molar-refractivity contribution < 1.29 is 0 Å². The number of hydrogen-bond acceptors (Lipinski definition) is 3. The lowest BCUT2D eigenvalue weighted by atomic mass is 10.0. The zero-order valence-corrected chi connectivity index (χ0v) is 34.0. The standard InChI is InChI=1S/C57H36N6/c1-4-18-37(19-5-1)39-32-40(56-58-55(38-20-6-2-7-21-38)59-57(60-56)63-51-30-16-10-24-43(51)44-25-11-17-31-52(44)63)34-42(33-39)62-50-29-15-13-27-46(50)48-35-53-47(36-54(48)62)45-26-12-14-28-49(45)61(53)41-22-8-3-9-23-41/h1-36H. The molecule has 0 aliphatic rings. The molecule has 6 heteroatoms. The van der Waals surface area contributed by atoms with E-state index in [2.05, 4.69) is 214 Å². The molecule has 0 saturated carbocycles. The third kappa shape index (κ3) is 5.55. The summed E-state index contributed by atoms with van der Waals surface area (Å²) in [6.07, 6.45) is 0. The largest absolute Gasteiger partial charge is 0.309 e. The molecule has 9 aromatic carbocycles. The third-order valence-corrected chi connectivity index (χ3v) is 12.5. The summed E-state index contributed by atoms with van der Waals surface area (Å²) in [6, 6.07) is 77.4. The Hall–Kier alpha value is -8.61. The van der Waals surface area contributed by atoms with Crippen molar-refractivity contribution in [2.75, 3.05) is 0 Å². The van der Waals surface area contributed by atoms with Gasteiger partial charge in [0.1, 0.15) is 0 Å². The van der Waals surface area contributed by atoms with Crippen molar-refractivity contribution in [1.29, 1.82) is 0 Å². The van der Waals surface area contributed by atoms with E-state index in [9.17, 15) is 0 Å². The second kappa shape index (κ2) is 14.0. The summed E-state index contributed by atoms with van der Waals surface area (Å²) < 4.78 is 6.99. The van der Waals surface area contributed by atoms with Crippen molar-refractivity contribution in [2.45, 2.75) is 0 Å². The summed E-state index contributed by atoms with van der Waals surface area (Å²) in [7, 11) is 0. The molecule has 0 amide bonds. The Balaban J connectivity index is 1.11. The van der Waals surface area contributed by atoms with Gasteiger partial charge < -0.3 is 9.13 Å². The van der Waals surface area contributed by atoms with Crippen LogP contribution in [0.15, 0.2) is 218 Å². The lowest BCUT2D eigenvalue weighted by Gasteiger charge is -2.15. The molecule has 0 radical (unpaired) electrons. The van der Waals surface area contributed by atoms with Crippen LogP contribution in [0.4, 0.5) is 0 Å². The first kappa shape index (κ1) is 35.2. The average molecular weight is 805 g/mol. The Labute approximate surface area is 362 Å². The average Bonchev–Trinajstić information content (AvgIpc) is 3.99. The molecule has 0 aliphatic carbocycles. The molecule has 6 nitrogen and oxygen atoms in total. The van der Waals surface area contributed by atoms with Crippen LogP contribution in [0.25, 0.3) is 117 Å². The zero-order valence-electron chi connectivity index (χ0n) is 34.0. The summed E-state index contributed by atoms with van der Waals surface area (Å²) in [6.45, 7) is 0. The highest BCUT2D eigenvalue weighted by molar-refractivity contribution is 6.19. The molecule has 0 unspecified atom stereocenters. The quantitative estimate of drug-likeness (QED) is 0.168. The van der Waals surface area contributed by atoms with Crippen molar-refractivity contribution in [2.24, 2.45) is 0 Å². The van der Waals surface area contributed by atoms with Gasteiger partial charge in [-0.2, -0.15) is 9.97 Å². The highest BCUT2D eigenvalue weighted by Gasteiger charge is 2.22. The van der Waals surface area contributed by atoms with Gasteiger partial charge in [0.25, 0.3) is 0 Å². The van der Waals surface area contributed by atoms with Crippen molar-refractivity contribution in [3.63, 3.8) is 0 Å². The minimum Gasteiger partial charge on any atom is -0.309 e. The first-order valence-electron chi connectivity index (χ1n) is 21.3. The van der Waals surface area contributed by atoms with Crippen molar-refractivity contribution >= 4 is 65.4 Å². The van der Waals surface area contributed by atoms with Gasteiger partial charge >= 0.3 is 0 Å². The van der Waals surface area contributed by atoms with E-state index >= 15 is 0 Å². The summed E-state index contributed by atoms with van der Waals surface area (Å²) >= 11 is 0. The smallest absolute Gasteiger partial charge is 0.238 e. The molecule has 294 valence electrons. The molecule has 4 heterocycles. The molecule has 63 heavy (non-hydrogen) atoms. The number of nitrogens with zero attached hydrogens (tertiary/aromatic N) is 6. The Morgan fingerprint density at radius 1 is 0.238 bits per heavy atom. The van der Waals surface area contributed by atoms with E-state index in [0.717, 1.165) is 66.5 Å². The number of rotatable bonds is 6. The van der Waals surface area contributed by atoms with Crippen molar-refractivity contribution in [3.8, 4) is 51.2 Å². The topological polar surface area (TPSA) is 53.5 Å². The first-order valence-corrected chi connectivity index (χ1v) is 21.3. The Bertz CT molecular complexity index is 3850. The fourth-order valence-corrected chi connectivity index (χ4v) is 9.68. The molecule has 0 saturated heterocycles. The molecule has 0 fully saturated rings. The van der Waals surface area contributed by atoms with Gasteiger partial charge in [0.15, 0.2) is 11.6 Å². The molecule has 0 atom stereocenters. The summed E-state index contributed by atoms with van der Waals surface area (Å²) in [5, 5.41) is 7.08. The van der Waals surface area contributed by atoms with E-state index in [1.807, 2.05) is 18.2 Å². The van der Waals surface area contributed by atoms with Crippen LogP contribution in [-0.4, -0.2) is 28.7 Å².